The maximum absolute atomic E-state index is 13.2. The van der Waals surface area contributed by atoms with Gasteiger partial charge in [-0.3, -0.25) is 24.7 Å². The number of para-hydroxylation sites is 2. The van der Waals surface area contributed by atoms with Gasteiger partial charge in [-0.1, -0.05) is 92.8 Å². The topological polar surface area (TPSA) is 154 Å². The molecule has 8 rings (SSSR count). The summed E-state index contributed by atoms with van der Waals surface area (Å²) in [5.74, 6) is 2.38. The molecule has 0 bridgehead atoms. The van der Waals surface area contributed by atoms with Crippen molar-refractivity contribution in [1.82, 2.24) is 44.8 Å². The molecule has 0 aliphatic heterocycles. The third-order valence-electron chi connectivity index (χ3n) is 9.65. The normalized spacial score (nSPS) is 10.4. The van der Waals surface area contributed by atoms with Crippen molar-refractivity contribution in [3.63, 3.8) is 0 Å². The molecule has 4 aromatic carbocycles. The minimum atomic E-state index is -0.498. The Hall–Kier alpha value is -6.79. The molecule has 18 heteroatoms. The SMILES string of the molecule is CCN(CC)CC.COc1ccccc1C(=O)Cl.COc1ccccc1C(=O)n1nc(-c2cccnc2)nc1SCc1ccc(F)cc1.Fc1ccc(CSc2n[nH]c(-c3cccnc3)n2)cc1. The van der Waals surface area contributed by atoms with Gasteiger partial charge in [-0.2, -0.15) is 4.68 Å². The average molecular weight is 979 g/mol. The second-order valence-corrected chi connectivity index (χ2v) is 16.2. The van der Waals surface area contributed by atoms with Gasteiger partial charge >= 0.3 is 0 Å². The molecule has 0 atom stereocenters. The van der Waals surface area contributed by atoms with Crippen molar-refractivity contribution in [1.29, 1.82) is 0 Å². The lowest BCUT2D eigenvalue weighted by Gasteiger charge is -2.13. The molecule has 0 fully saturated rings. The fourth-order valence-electron chi connectivity index (χ4n) is 5.95. The van der Waals surface area contributed by atoms with E-state index in [-0.39, 0.29) is 17.5 Å². The second kappa shape index (κ2) is 27.8. The number of aromatic nitrogens is 8. The number of H-pyrrole nitrogens is 1. The van der Waals surface area contributed by atoms with Crippen molar-refractivity contribution >= 4 is 46.3 Å². The van der Waals surface area contributed by atoms with Gasteiger partial charge in [0.15, 0.2) is 16.8 Å². The lowest BCUT2D eigenvalue weighted by Crippen LogP contribution is -2.21. The molecule has 0 saturated carbocycles. The Balaban J connectivity index is 0.000000194. The molecule has 352 valence electrons. The first-order valence-corrected chi connectivity index (χ1v) is 23.6. The molecule has 0 aliphatic carbocycles. The lowest BCUT2D eigenvalue weighted by molar-refractivity contribution is 0.0930. The molecule has 0 unspecified atom stereocenters. The van der Waals surface area contributed by atoms with Crippen LogP contribution in [0.2, 0.25) is 0 Å². The number of pyridine rings is 2. The van der Waals surface area contributed by atoms with Crippen LogP contribution < -0.4 is 9.47 Å². The monoisotopic (exact) mass is 977 g/mol. The summed E-state index contributed by atoms with van der Waals surface area (Å²) >= 11 is 8.11. The number of aromatic amines is 1. The van der Waals surface area contributed by atoms with Gasteiger partial charge in [-0.15, -0.1) is 10.2 Å². The number of thioether (sulfide) groups is 2. The van der Waals surface area contributed by atoms with Gasteiger partial charge in [0.2, 0.25) is 5.16 Å². The van der Waals surface area contributed by atoms with Crippen LogP contribution in [-0.4, -0.2) is 89.8 Å². The quantitative estimate of drug-likeness (QED) is 0.0766. The lowest BCUT2D eigenvalue weighted by atomic mass is 10.2. The number of hydrogen-bond donors (Lipinski definition) is 1. The molecule has 0 saturated heterocycles. The van der Waals surface area contributed by atoms with Crippen LogP contribution in [-0.2, 0) is 11.5 Å². The second-order valence-electron chi connectivity index (χ2n) is 14.0. The maximum Gasteiger partial charge on any atom is 0.284 e. The van der Waals surface area contributed by atoms with Gasteiger partial charge < -0.3 is 14.4 Å². The van der Waals surface area contributed by atoms with E-state index in [0.29, 0.717) is 61.7 Å². The van der Waals surface area contributed by atoms with E-state index < -0.39 is 5.24 Å². The minimum absolute atomic E-state index is 0.226. The Kier molecular flexibility index (Phi) is 21.3. The van der Waals surface area contributed by atoms with Crippen LogP contribution in [0.5, 0.6) is 11.5 Å². The highest BCUT2D eigenvalue weighted by Gasteiger charge is 2.22. The molecule has 1 N–H and O–H groups in total. The van der Waals surface area contributed by atoms with E-state index in [9.17, 15) is 18.4 Å². The van der Waals surface area contributed by atoms with Gasteiger partial charge in [-0.25, -0.2) is 18.7 Å². The highest BCUT2D eigenvalue weighted by atomic mass is 35.5. The fraction of sp³-hybridized carbons (Fsp3) is 0.200. The molecular weight excluding hydrogens is 928 g/mol. The number of carbonyl (C=O) groups excluding carboxylic acids is 2. The summed E-state index contributed by atoms with van der Waals surface area (Å²) in [4.78, 5) is 43.4. The Bertz CT molecular complexity index is 2760. The van der Waals surface area contributed by atoms with Crippen molar-refractivity contribution in [2.24, 2.45) is 0 Å². The van der Waals surface area contributed by atoms with E-state index in [1.807, 2.05) is 18.2 Å². The van der Waals surface area contributed by atoms with Crippen molar-refractivity contribution in [2.75, 3.05) is 33.9 Å². The molecule has 0 aliphatic rings. The summed E-state index contributed by atoms with van der Waals surface area (Å²) in [7, 11) is 3.01. The van der Waals surface area contributed by atoms with E-state index in [1.165, 1.54) is 86.3 Å². The summed E-state index contributed by atoms with van der Waals surface area (Å²) in [5, 5.41) is 12.1. The minimum Gasteiger partial charge on any atom is -0.496 e. The summed E-state index contributed by atoms with van der Waals surface area (Å²) < 4.78 is 37.5. The largest absolute Gasteiger partial charge is 0.496 e. The van der Waals surface area contributed by atoms with E-state index in [1.54, 1.807) is 104 Å². The first-order valence-electron chi connectivity index (χ1n) is 21.2. The van der Waals surface area contributed by atoms with Crippen molar-refractivity contribution in [2.45, 2.75) is 42.6 Å². The van der Waals surface area contributed by atoms with Gasteiger partial charge in [0.25, 0.3) is 11.1 Å². The zero-order valence-corrected chi connectivity index (χ0v) is 40.4. The highest BCUT2D eigenvalue weighted by Crippen LogP contribution is 2.28. The predicted octanol–water partition coefficient (Wildman–Crippen LogP) is 11.2. The number of benzene rings is 4. The van der Waals surface area contributed by atoms with Crippen molar-refractivity contribution in [3.8, 4) is 34.3 Å². The van der Waals surface area contributed by atoms with Crippen LogP contribution in [0.15, 0.2) is 156 Å². The molecule has 8 aromatic rings. The molecule has 4 heterocycles. The number of rotatable bonds is 15. The summed E-state index contributed by atoms with van der Waals surface area (Å²) in [6, 6.07) is 33.8. The number of methoxy groups -OCH3 is 2. The molecule has 13 nitrogen and oxygen atoms in total. The number of halogens is 3. The third kappa shape index (κ3) is 15.9. The Morgan fingerprint density at radius 1 is 0.662 bits per heavy atom. The van der Waals surface area contributed by atoms with E-state index in [0.717, 1.165) is 16.7 Å². The highest BCUT2D eigenvalue weighted by molar-refractivity contribution is 7.98. The number of nitrogens with zero attached hydrogens (tertiary/aromatic N) is 8. The van der Waals surface area contributed by atoms with E-state index in [2.05, 4.69) is 60.9 Å². The fourth-order valence-corrected chi connectivity index (χ4v) is 7.75. The molecular formula is C50H50ClF2N9O4S2. The Labute approximate surface area is 407 Å². The third-order valence-corrected chi connectivity index (χ3v) is 11.8. The van der Waals surface area contributed by atoms with E-state index in [4.69, 9.17) is 21.1 Å². The number of nitrogens with one attached hydrogen (secondary N) is 1. The van der Waals surface area contributed by atoms with Crippen LogP contribution in [0.4, 0.5) is 8.78 Å². The van der Waals surface area contributed by atoms with Crippen LogP contribution >= 0.6 is 35.1 Å². The predicted molar refractivity (Wildman–Crippen MR) is 264 cm³/mol. The molecule has 0 spiro atoms. The maximum atomic E-state index is 13.2. The Morgan fingerprint density at radius 2 is 1.18 bits per heavy atom. The van der Waals surface area contributed by atoms with Crippen LogP contribution in [0.1, 0.15) is 52.6 Å². The number of carbonyl (C=O) groups is 2. The van der Waals surface area contributed by atoms with Gasteiger partial charge in [0.05, 0.1) is 25.3 Å². The first-order chi connectivity index (χ1) is 33.1. The van der Waals surface area contributed by atoms with Crippen LogP contribution in [0, 0.1) is 11.6 Å². The van der Waals surface area contributed by atoms with Crippen molar-refractivity contribution in [3.05, 3.63) is 180 Å². The summed E-state index contributed by atoms with van der Waals surface area (Å²) in [6.07, 6.45) is 6.74. The van der Waals surface area contributed by atoms with Crippen LogP contribution in [0.25, 0.3) is 22.8 Å². The molecule has 68 heavy (non-hydrogen) atoms. The van der Waals surface area contributed by atoms with Gasteiger partial charge in [0, 0.05) is 47.4 Å². The first kappa shape index (κ1) is 52.2. The molecule has 0 amide bonds. The van der Waals surface area contributed by atoms with Crippen molar-refractivity contribution < 1.29 is 27.8 Å². The average Bonchev–Trinajstić information content (AvgIpc) is 4.06. The van der Waals surface area contributed by atoms with Gasteiger partial charge in [0.1, 0.15) is 23.1 Å². The van der Waals surface area contributed by atoms with Crippen LogP contribution in [0.3, 0.4) is 0 Å². The summed E-state index contributed by atoms with van der Waals surface area (Å²) in [5.41, 5.74) is 4.32. The Morgan fingerprint density at radius 3 is 1.66 bits per heavy atom. The standard InChI is InChI=1S/C22H17FN4O2S.C14H11FN4S.C8H7ClO2.C6H15N/c1-29-19-7-3-2-6-18(19)21(28)27-22(30-14-15-8-10-17(23)11-9-15)25-20(26-27)16-5-4-12-24-13-16;15-12-5-3-10(4-6-12)9-20-14-17-13(18-19-14)11-2-1-7-16-8-11;1-11-7-5-3-2-4-6(7)8(9)10;1-4-7(5-2)6-3/h2-13H,14H2,1H3;1-8H,9H2,(H,17,18,19);2-5H,1H3;4-6H2,1-3H3. The molecule has 0 radical (unpaired) electrons. The zero-order valence-electron chi connectivity index (χ0n) is 38.1. The zero-order chi connectivity index (χ0) is 48.7. The number of ether oxygens (including phenoxy) is 2. The smallest absolute Gasteiger partial charge is 0.284 e. The number of hydrogen-bond acceptors (Lipinski definition) is 13. The van der Waals surface area contributed by atoms with E-state index >= 15 is 0 Å². The summed E-state index contributed by atoms with van der Waals surface area (Å²) in [6.45, 7) is 10.1. The van der Waals surface area contributed by atoms with Gasteiger partial charge in [-0.05, 0) is 115 Å². The molecule has 4 aromatic heterocycles.